The summed E-state index contributed by atoms with van der Waals surface area (Å²) in [5.41, 5.74) is 1.69. The summed E-state index contributed by atoms with van der Waals surface area (Å²) >= 11 is 5.91. The van der Waals surface area contributed by atoms with Crippen molar-refractivity contribution in [1.29, 1.82) is 0 Å². The Balaban J connectivity index is 1.87. The van der Waals surface area contributed by atoms with Crippen LogP contribution in [-0.2, 0) is 14.3 Å². The van der Waals surface area contributed by atoms with Gasteiger partial charge >= 0.3 is 5.97 Å². The first kappa shape index (κ1) is 21.0. The molecule has 2 aliphatic rings. The number of nitrogens with zero attached hydrogens (tertiary/aromatic N) is 1. The number of carbonyl (C=O) groups excluding carboxylic acids is 2. The van der Waals surface area contributed by atoms with E-state index in [0.717, 1.165) is 0 Å². The van der Waals surface area contributed by atoms with Crippen LogP contribution < -0.4 is 19.1 Å². The van der Waals surface area contributed by atoms with Gasteiger partial charge in [-0.2, -0.15) is 0 Å². The second-order valence-electron chi connectivity index (χ2n) is 6.94. The Labute approximate surface area is 182 Å². The summed E-state index contributed by atoms with van der Waals surface area (Å²) in [6, 6.07) is 7.38. The third-order valence-corrected chi connectivity index (χ3v) is 5.68. The molecular formula is C22H19ClFNO6. The second-order valence-corrected chi connectivity index (χ2v) is 7.35. The molecule has 7 nitrogen and oxygen atoms in total. The van der Waals surface area contributed by atoms with Crippen molar-refractivity contribution in [1.82, 2.24) is 0 Å². The fourth-order valence-electron chi connectivity index (χ4n) is 4.04. The number of esters is 1. The van der Waals surface area contributed by atoms with Crippen molar-refractivity contribution in [2.24, 2.45) is 0 Å². The Morgan fingerprint density at radius 2 is 1.81 bits per heavy atom. The summed E-state index contributed by atoms with van der Waals surface area (Å²) in [4.78, 5) is 27.2. The van der Waals surface area contributed by atoms with Crippen molar-refractivity contribution in [3.63, 3.8) is 0 Å². The van der Waals surface area contributed by atoms with Crippen LogP contribution in [0.3, 0.4) is 0 Å². The molecule has 0 spiro atoms. The molecule has 162 valence electrons. The lowest BCUT2D eigenvalue weighted by atomic mass is 9.83. The van der Waals surface area contributed by atoms with E-state index < -0.39 is 17.7 Å². The number of carbonyl (C=O) groups is 2. The van der Waals surface area contributed by atoms with Crippen molar-refractivity contribution in [2.45, 2.75) is 12.3 Å². The molecule has 2 aromatic rings. The molecule has 0 N–H and O–H groups in total. The molecule has 4 rings (SSSR count). The van der Waals surface area contributed by atoms with E-state index in [1.54, 1.807) is 12.1 Å². The standard InChI is InChI=1S/C22H19ClFNO6/c1-28-17-7-5-12(20(29-2)21(17)30-3)13-9-18(26)25(16-10-31-22(27)19(13)16)11-4-6-15(24)14(23)8-11/h4-8,13H,9-10H2,1-3H3/t13-/m0/s1. The van der Waals surface area contributed by atoms with E-state index in [1.807, 2.05) is 0 Å². The highest BCUT2D eigenvalue weighted by Crippen LogP contribution is 2.49. The minimum atomic E-state index is -0.612. The number of benzene rings is 2. The zero-order valence-corrected chi connectivity index (χ0v) is 17.8. The smallest absolute Gasteiger partial charge is 0.336 e. The van der Waals surface area contributed by atoms with E-state index in [1.165, 1.54) is 44.4 Å². The number of cyclic esters (lactones) is 1. The van der Waals surface area contributed by atoms with Crippen molar-refractivity contribution in [3.8, 4) is 17.2 Å². The lowest BCUT2D eigenvalue weighted by Gasteiger charge is -2.32. The van der Waals surface area contributed by atoms with Crippen molar-refractivity contribution < 1.29 is 32.9 Å². The average molecular weight is 448 g/mol. The van der Waals surface area contributed by atoms with Crippen molar-refractivity contribution in [3.05, 3.63) is 58.0 Å². The van der Waals surface area contributed by atoms with Crippen molar-refractivity contribution >= 4 is 29.2 Å². The number of hydrogen-bond acceptors (Lipinski definition) is 6. The lowest BCUT2D eigenvalue weighted by molar-refractivity contribution is -0.136. The van der Waals surface area contributed by atoms with Gasteiger partial charge in [0.2, 0.25) is 11.7 Å². The minimum absolute atomic E-state index is 0.0330. The number of methoxy groups -OCH3 is 3. The average Bonchev–Trinajstić information content (AvgIpc) is 3.15. The number of halogens is 2. The summed E-state index contributed by atoms with van der Waals surface area (Å²) in [6.07, 6.45) is -0.0330. The van der Waals surface area contributed by atoms with Gasteiger partial charge in [0.25, 0.3) is 0 Å². The molecule has 2 aliphatic heterocycles. The highest BCUT2D eigenvalue weighted by atomic mass is 35.5. The largest absolute Gasteiger partial charge is 0.493 e. The van der Waals surface area contributed by atoms with Gasteiger partial charge in [-0.1, -0.05) is 17.7 Å². The Kier molecular flexibility index (Phi) is 5.49. The molecule has 0 saturated heterocycles. The first-order valence-corrected chi connectivity index (χ1v) is 9.76. The van der Waals surface area contributed by atoms with Gasteiger partial charge in [-0.25, -0.2) is 9.18 Å². The number of hydrogen-bond donors (Lipinski definition) is 0. The molecule has 9 heteroatoms. The van der Waals surface area contributed by atoms with Crippen LogP contribution in [-0.4, -0.2) is 39.8 Å². The normalized spacial score (nSPS) is 18.1. The van der Waals surface area contributed by atoms with Crippen molar-refractivity contribution in [2.75, 3.05) is 32.8 Å². The van der Waals surface area contributed by atoms with Gasteiger partial charge < -0.3 is 18.9 Å². The Morgan fingerprint density at radius 1 is 1.06 bits per heavy atom. The first-order chi connectivity index (χ1) is 14.9. The topological polar surface area (TPSA) is 74.3 Å². The maximum absolute atomic E-state index is 13.6. The minimum Gasteiger partial charge on any atom is -0.493 e. The zero-order chi connectivity index (χ0) is 22.3. The number of rotatable bonds is 5. The molecule has 0 fully saturated rings. The number of anilines is 1. The zero-order valence-electron chi connectivity index (χ0n) is 17.0. The van der Waals surface area contributed by atoms with E-state index in [-0.39, 0.29) is 24.0 Å². The molecule has 2 aromatic carbocycles. The number of ether oxygens (including phenoxy) is 4. The summed E-state index contributed by atoms with van der Waals surface area (Å²) in [6.45, 7) is -0.0823. The van der Waals surface area contributed by atoms with E-state index >= 15 is 0 Å². The highest BCUT2D eigenvalue weighted by molar-refractivity contribution is 6.31. The fourth-order valence-corrected chi connectivity index (χ4v) is 4.22. The predicted octanol–water partition coefficient (Wildman–Crippen LogP) is 3.84. The Morgan fingerprint density at radius 3 is 2.45 bits per heavy atom. The van der Waals surface area contributed by atoms with Crippen LogP contribution in [0, 0.1) is 5.82 Å². The molecule has 0 aromatic heterocycles. The van der Waals surface area contributed by atoms with Crippen LogP contribution in [0.5, 0.6) is 17.2 Å². The molecule has 2 heterocycles. The van der Waals surface area contributed by atoms with Crippen LogP contribution in [0.25, 0.3) is 0 Å². The molecule has 0 saturated carbocycles. The van der Waals surface area contributed by atoms with Crippen LogP contribution in [0.15, 0.2) is 41.6 Å². The molecule has 0 aliphatic carbocycles. The first-order valence-electron chi connectivity index (χ1n) is 9.38. The quantitative estimate of drug-likeness (QED) is 0.648. The maximum atomic E-state index is 13.6. The van der Waals surface area contributed by atoms with Gasteiger partial charge in [0.05, 0.1) is 43.3 Å². The van der Waals surface area contributed by atoms with Gasteiger partial charge in [-0.05, 0) is 24.3 Å². The van der Waals surface area contributed by atoms with Crippen LogP contribution >= 0.6 is 11.6 Å². The number of amides is 1. The molecule has 0 unspecified atom stereocenters. The molecular weight excluding hydrogens is 429 g/mol. The molecule has 0 bridgehead atoms. The summed E-state index contributed by atoms with van der Waals surface area (Å²) in [5.74, 6) is -0.851. The van der Waals surface area contributed by atoms with E-state index in [2.05, 4.69) is 0 Å². The van der Waals surface area contributed by atoms with Crippen LogP contribution in [0.4, 0.5) is 10.1 Å². The van der Waals surface area contributed by atoms with Gasteiger partial charge in [-0.15, -0.1) is 0 Å². The predicted molar refractivity (Wildman–Crippen MR) is 110 cm³/mol. The SMILES string of the molecule is COc1ccc([C@@H]2CC(=O)N(c3ccc(F)c(Cl)c3)C3=C2C(=O)OC3)c(OC)c1OC. The summed E-state index contributed by atoms with van der Waals surface area (Å²) in [7, 11) is 4.45. The van der Waals surface area contributed by atoms with Crippen LogP contribution in [0.2, 0.25) is 5.02 Å². The lowest BCUT2D eigenvalue weighted by Crippen LogP contribution is -2.37. The molecule has 0 radical (unpaired) electrons. The van der Waals surface area contributed by atoms with Gasteiger partial charge in [0.1, 0.15) is 12.4 Å². The molecule has 31 heavy (non-hydrogen) atoms. The Bertz CT molecular complexity index is 1120. The monoisotopic (exact) mass is 447 g/mol. The van der Waals surface area contributed by atoms with Gasteiger partial charge in [0.15, 0.2) is 11.5 Å². The maximum Gasteiger partial charge on any atom is 0.336 e. The van der Waals surface area contributed by atoms with Gasteiger partial charge in [0, 0.05) is 17.9 Å². The third-order valence-electron chi connectivity index (χ3n) is 5.39. The summed E-state index contributed by atoms with van der Waals surface area (Å²) < 4.78 is 35.2. The highest BCUT2D eigenvalue weighted by Gasteiger charge is 2.44. The summed E-state index contributed by atoms with van der Waals surface area (Å²) in [5, 5.41) is -0.124. The van der Waals surface area contributed by atoms with Gasteiger partial charge in [-0.3, -0.25) is 9.69 Å². The second kappa shape index (κ2) is 8.11. The molecule has 1 amide bonds. The van der Waals surface area contributed by atoms with Crippen LogP contribution in [0.1, 0.15) is 17.9 Å². The van der Waals surface area contributed by atoms with E-state index in [9.17, 15) is 14.0 Å². The molecule has 1 atom stereocenters. The fraction of sp³-hybridized carbons (Fsp3) is 0.273. The van der Waals surface area contributed by atoms with E-state index in [4.69, 9.17) is 30.5 Å². The van der Waals surface area contributed by atoms with E-state index in [0.29, 0.717) is 39.8 Å². The third kappa shape index (κ3) is 3.37. The Hall–Kier alpha value is -3.26.